The van der Waals surface area contributed by atoms with Gasteiger partial charge in [0.1, 0.15) is 12.2 Å². The molecule has 4 nitrogen and oxygen atoms in total. The Balaban J connectivity index is 1.99. The molecule has 1 aliphatic heterocycles. The van der Waals surface area contributed by atoms with Crippen molar-refractivity contribution in [3.05, 3.63) is 11.6 Å². The molecule has 0 aromatic carbocycles. The quantitative estimate of drug-likeness (QED) is 0.621. The first kappa shape index (κ1) is 17.5. The summed E-state index contributed by atoms with van der Waals surface area (Å²) in [4.78, 5) is 0. The lowest BCUT2D eigenvalue weighted by atomic mass is 9.81. The third kappa shape index (κ3) is 4.82. The van der Waals surface area contributed by atoms with E-state index in [9.17, 15) is 10.2 Å². The molecule has 0 radical (unpaired) electrons. The van der Waals surface area contributed by atoms with Crippen molar-refractivity contribution in [1.82, 2.24) is 0 Å². The number of hydrogen-bond acceptors (Lipinski definition) is 4. The van der Waals surface area contributed by atoms with Crippen LogP contribution in [0.3, 0.4) is 0 Å². The van der Waals surface area contributed by atoms with Gasteiger partial charge in [-0.15, -0.1) is 0 Å². The average Bonchev–Trinajstić information content (AvgIpc) is 2.66. The fourth-order valence-electron chi connectivity index (χ4n) is 3.12. The fourth-order valence-corrected chi connectivity index (χ4v) is 3.12. The summed E-state index contributed by atoms with van der Waals surface area (Å²) in [7, 11) is 0. The van der Waals surface area contributed by atoms with Gasteiger partial charge in [-0.1, -0.05) is 17.9 Å². The topological polar surface area (TPSA) is 58.9 Å². The third-order valence-corrected chi connectivity index (χ3v) is 4.22. The normalized spacial score (nSPS) is 30.0. The Labute approximate surface area is 133 Å². The van der Waals surface area contributed by atoms with Crippen LogP contribution in [-0.2, 0) is 9.47 Å². The van der Waals surface area contributed by atoms with Gasteiger partial charge < -0.3 is 19.7 Å². The van der Waals surface area contributed by atoms with Gasteiger partial charge in [0, 0.05) is 12.2 Å². The highest BCUT2D eigenvalue weighted by atomic mass is 16.7. The minimum atomic E-state index is -1.26. The summed E-state index contributed by atoms with van der Waals surface area (Å²) in [5.74, 6) is 5.85. The van der Waals surface area contributed by atoms with Crippen LogP contribution in [0.15, 0.2) is 11.6 Å². The van der Waals surface area contributed by atoms with Crippen molar-refractivity contribution in [3.63, 3.8) is 0 Å². The number of allylic oxidation sites excluding steroid dienone is 1. The van der Waals surface area contributed by atoms with Crippen LogP contribution in [0.1, 0.15) is 58.8 Å². The van der Waals surface area contributed by atoms with Crippen LogP contribution < -0.4 is 0 Å². The van der Waals surface area contributed by atoms with Crippen LogP contribution in [0, 0.1) is 11.8 Å². The van der Waals surface area contributed by atoms with Gasteiger partial charge >= 0.3 is 0 Å². The fraction of sp³-hybridized carbons (Fsp3) is 0.778. The summed E-state index contributed by atoms with van der Waals surface area (Å²) in [5.41, 5.74) is -1.72. The second-order valence-electron chi connectivity index (χ2n) is 6.69. The van der Waals surface area contributed by atoms with Gasteiger partial charge in [-0.25, -0.2) is 0 Å². The van der Waals surface area contributed by atoms with Gasteiger partial charge in [-0.05, 0) is 58.8 Å². The number of rotatable bonds is 3. The SMILES string of the molecule is CC(C)(O)C1=CCCCCC1(O)C#CCOC1CCCCO1. The second-order valence-corrected chi connectivity index (χ2v) is 6.69. The van der Waals surface area contributed by atoms with Crippen LogP contribution in [0.4, 0.5) is 0 Å². The lowest BCUT2D eigenvalue weighted by molar-refractivity contribution is -0.154. The van der Waals surface area contributed by atoms with Crippen LogP contribution >= 0.6 is 0 Å². The van der Waals surface area contributed by atoms with E-state index in [0.29, 0.717) is 12.0 Å². The summed E-state index contributed by atoms with van der Waals surface area (Å²) < 4.78 is 11.1. The highest BCUT2D eigenvalue weighted by Gasteiger charge is 2.38. The summed E-state index contributed by atoms with van der Waals surface area (Å²) in [6, 6.07) is 0. The van der Waals surface area contributed by atoms with Crippen molar-refractivity contribution in [2.45, 2.75) is 76.3 Å². The molecule has 2 N–H and O–H groups in total. The first-order chi connectivity index (χ1) is 10.4. The Morgan fingerprint density at radius 2 is 2.18 bits per heavy atom. The highest BCUT2D eigenvalue weighted by Crippen LogP contribution is 2.34. The molecule has 22 heavy (non-hydrogen) atoms. The zero-order valence-corrected chi connectivity index (χ0v) is 13.7. The molecule has 1 heterocycles. The van der Waals surface area contributed by atoms with Crippen molar-refractivity contribution >= 4 is 0 Å². The zero-order chi connectivity index (χ0) is 16.1. The predicted molar refractivity (Wildman–Crippen MR) is 85.1 cm³/mol. The molecule has 0 bridgehead atoms. The van der Waals surface area contributed by atoms with E-state index in [2.05, 4.69) is 11.8 Å². The van der Waals surface area contributed by atoms with Crippen molar-refractivity contribution in [2.75, 3.05) is 13.2 Å². The Morgan fingerprint density at radius 3 is 2.86 bits per heavy atom. The lowest BCUT2D eigenvalue weighted by Crippen LogP contribution is -2.40. The molecule has 2 rings (SSSR count). The Bertz CT molecular complexity index is 446. The van der Waals surface area contributed by atoms with E-state index in [1.54, 1.807) is 13.8 Å². The molecule has 0 aromatic rings. The number of ether oxygens (including phenoxy) is 2. The highest BCUT2D eigenvalue weighted by molar-refractivity contribution is 5.36. The van der Waals surface area contributed by atoms with Gasteiger partial charge in [0.2, 0.25) is 0 Å². The summed E-state index contributed by atoms with van der Waals surface area (Å²) >= 11 is 0. The standard InChI is InChI=1S/C18H28O4/c1-17(2,19)15-9-4-3-6-11-18(15,20)12-8-14-22-16-10-5-7-13-21-16/h9,16,19-20H,3-7,10-11,13-14H2,1-2H3. The maximum absolute atomic E-state index is 10.9. The summed E-state index contributed by atoms with van der Waals surface area (Å²) in [6.07, 6.45) is 8.21. The minimum Gasteiger partial charge on any atom is -0.386 e. The molecule has 0 saturated carbocycles. The van der Waals surface area contributed by atoms with Crippen molar-refractivity contribution < 1.29 is 19.7 Å². The first-order valence-corrected chi connectivity index (χ1v) is 8.31. The second kappa shape index (κ2) is 7.61. The molecule has 0 amide bonds. The first-order valence-electron chi connectivity index (χ1n) is 8.31. The molecule has 2 atom stereocenters. The van der Waals surface area contributed by atoms with Crippen molar-refractivity contribution in [2.24, 2.45) is 0 Å². The minimum absolute atomic E-state index is 0.170. The van der Waals surface area contributed by atoms with Gasteiger partial charge in [0.05, 0.1) is 5.60 Å². The number of aliphatic hydroxyl groups is 2. The molecule has 2 unspecified atom stereocenters. The van der Waals surface area contributed by atoms with Crippen molar-refractivity contribution in [1.29, 1.82) is 0 Å². The molecule has 4 heteroatoms. The maximum Gasteiger partial charge on any atom is 0.158 e. The Hall–Kier alpha value is -0.860. The van der Waals surface area contributed by atoms with Crippen molar-refractivity contribution in [3.8, 4) is 11.8 Å². The van der Waals surface area contributed by atoms with Gasteiger partial charge in [-0.3, -0.25) is 0 Å². The van der Waals surface area contributed by atoms with Crippen LogP contribution in [0.5, 0.6) is 0 Å². The molecule has 1 aliphatic carbocycles. The summed E-state index contributed by atoms with van der Waals surface area (Å²) in [5, 5.41) is 21.2. The summed E-state index contributed by atoms with van der Waals surface area (Å²) in [6.45, 7) is 4.38. The van der Waals surface area contributed by atoms with E-state index in [4.69, 9.17) is 9.47 Å². The zero-order valence-electron chi connectivity index (χ0n) is 13.7. The van der Waals surface area contributed by atoms with E-state index >= 15 is 0 Å². The molecule has 1 fully saturated rings. The predicted octanol–water partition coefficient (Wildman–Crippen LogP) is 2.54. The molecule has 0 aromatic heterocycles. The van der Waals surface area contributed by atoms with E-state index in [1.807, 2.05) is 6.08 Å². The smallest absolute Gasteiger partial charge is 0.158 e. The van der Waals surface area contributed by atoms with Gasteiger partial charge in [-0.2, -0.15) is 0 Å². The van der Waals surface area contributed by atoms with Crippen LogP contribution in [-0.4, -0.2) is 40.9 Å². The van der Waals surface area contributed by atoms with E-state index in [0.717, 1.165) is 45.1 Å². The number of hydrogen-bond donors (Lipinski definition) is 2. The van der Waals surface area contributed by atoms with Crippen LogP contribution in [0.25, 0.3) is 0 Å². The van der Waals surface area contributed by atoms with Gasteiger partial charge in [0.25, 0.3) is 0 Å². The average molecular weight is 308 g/mol. The maximum atomic E-state index is 10.9. The molecular weight excluding hydrogens is 280 g/mol. The largest absolute Gasteiger partial charge is 0.386 e. The molecule has 1 saturated heterocycles. The van der Waals surface area contributed by atoms with Gasteiger partial charge in [0.15, 0.2) is 6.29 Å². The van der Waals surface area contributed by atoms with Crippen LogP contribution in [0.2, 0.25) is 0 Å². The van der Waals surface area contributed by atoms with E-state index in [1.165, 1.54) is 0 Å². The Morgan fingerprint density at radius 1 is 1.36 bits per heavy atom. The van der Waals surface area contributed by atoms with E-state index in [-0.39, 0.29) is 12.9 Å². The molecule has 2 aliphatic rings. The Kier molecular flexibility index (Phi) is 6.05. The third-order valence-electron chi connectivity index (χ3n) is 4.22. The molecule has 0 spiro atoms. The lowest BCUT2D eigenvalue weighted by Gasteiger charge is -2.32. The van der Waals surface area contributed by atoms with E-state index < -0.39 is 11.2 Å². The monoisotopic (exact) mass is 308 g/mol. The molecule has 124 valence electrons. The molecular formula is C18H28O4.